The molecule has 1 saturated heterocycles. The highest BCUT2D eigenvalue weighted by molar-refractivity contribution is 5.71. The number of nitrogens with zero attached hydrogens (tertiary/aromatic N) is 1. The first-order chi connectivity index (χ1) is 8.26. The van der Waals surface area contributed by atoms with E-state index in [0.717, 1.165) is 44.8 Å². The molecule has 1 fully saturated rings. The van der Waals surface area contributed by atoms with E-state index in [1.165, 1.54) is 12.8 Å². The van der Waals surface area contributed by atoms with Gasteiger partial charge in [-0.05, 0) is 51.2 Å². The lowest BCUT2D eigenvalue weighted by molar-refractivity contribution is -0.145. The van der Waals surface area contributed by atoms with Crippen molar-refractivity contribution in [2.45, 2.75) is 39.0 Å². The van der Waals surface area contributed by atoms with Crippen molar-refractivity contribution in [1.29, 1.82) is 0 Å². The molecule has 1 aliphatic heterocycles. The summed E-state index contributed by atoms with van der Waals surface area (Å²) < 4.78 is 5.16. The first-order valence-electron chi connectivity index (χ1n) is 6.84. The Morgan fingerprint density at radius 1 is 1.41 bits per heavy atom. The van der Waals surface area contributed by atoms with Crippen molar-refractivity contribution in [1.82, 2.24) is 4.90 Å². The number of nitrogens with two attached hydrogens (primary N) is 1. The number of ether oxygens (including phenoxy) is 1. The summed E-state index contributed by atoms with van der Waals surface area (Å²) in [6, 6.07) is 0. The van der Waals surface area contributed by atoms with Gasteiger partial charge in [-0.2, -0.15) is 0 Å². The van der Waals surface area contributed by atoms with E-state index in [2.05, 4.69) is 11.8 Å². The molecule has 0 aromatic rings. The number of carbonyl (C=O) groups is 1. The van der Waals surface area contributed by atoms with Crippen LogP contribution in [0.15, 0.2) is 0 Å². The summed E-state index contributed by atoms with van der Waals surface area (Å²) in [5.41, 5.74) is 5.56. The summed E-state index contributed by atoms with van der Waals surface area (Å²) in [6.07, 6.45) is 5.48. The molecule has 1 rings (SSSR count). The highest BCUT2D eigenvalue weighted by atomic mass is 16.5. The molecule has 0 spiro atoms. The van der Waals surface area contributed by atoms with Crippen LogP contribution in [0.4, 0.5) is 0 Å². The first-order valence-corrected chi connectivity index (χ1v) is 6.84. The number of likely N-dealkylation sites (tertiary alicyclic amines) is 1. The van der Waals surface area contributed by atoms with Crippen molar-refractivity contribution < 1.29 is 9.53 Å². The van der Waals surface area contributed by atoms with Crippen LogP contribution in [0, 0.1) is 5.92 Å². The maximum atomic E-state index is 11.5. The molecule has 0 radical (unpaired) electrons. The number of rotatable bonds is 7. The molecule has 0 aromatic heterocycles. The van der Waals surface area contributed by atoms with Crippen molar-refractivity contribution >= 4 is 5.97 Å². The second-order valence-corrected chi connectivity index (χ2v) is 4.87. The summed E-state index contributed by atoms with van der Waals surface area (Å²) >= 11 is 0. The Hall–Kier alpha value is -0.610. The van der Waals surface area contributed by atoms with Gasteiger partial charge in [0.15, 0.2) is 0 Å². The highest BCUT2D eigenvalue weighted by Gasteiger charge is 2.20. The number of hydrogen-bond acceptors (Lipinski definition) is 4. The van der Waals surface area contributed by atoms with E-state index in [9.17, 15) is 4.79 Å². The van der Waals surface area contributed by atoms with Gasteiger partial charge >= 0.3 is 5.97 Å². The van der Waals surface area contributed by atoms with Gasteiger partial charge in [0.1, 0.15) is 0 Å². The number of carbonyl (C=O) groups excluding carboxylic acids is 1. The Balaban J connectivity index is 2.10. The molecule has 1 heterocycles. The molecule has 1 aliphatic rings. The van der Waals surface area contributed by atoms with Crippen LogP contribution in [0.2, 0.25) is 0 Å². The van der Waals surface area contributed by atoms with E-state index in [1.807, 2.05) is 0 Å². The third kappa shape index (κ3) is 6.03. The zero-order chi connectivity index (χ0) is 12.5. The number of esters is 1. The molecule has 0 amide bonds. The SMILES string of the molecule is CCCCOC(=O)CN1CCC(CCN)CC1. The van der Waals surface area contributed by atoms with Crippen molar-refractivity contribution in [3.8, 4) is 0 Å². The van der Waals surface area contributed by atoms with E-state index < -0.39 is 0 Å². The molecule has 4 heteroatoms. The van der Waals surface area contributed by atoms with Crippen LogP contribution in [0.1, 0.15) is 39.0 Å². The summed E-state index contributed by atoms with van der Waals surface area (Å²) in [4.78, 5) is 13.7. The Morgan fingerprint density at radius 3 is 2.71 bits per heavy atom. The molecule has 4 nitrogen and oxygen atoms in total. The van der Waals surface area contributed by atoms with Gasteiger partial charge in [0, 0.05) is 0 Å². The number of unbranched alkanes of at least 4 members (excludes halogenated alkanes) is 1. The van der Waals surface area contributed by atoms with Gasteiger partial charge in [-0.15, -0.1) is 0 Å². The van der Waals surface area contributed by atoms with Crippen LogP contribution >= 0.6 is 0 Å². The maximum absolute atomic E-state index is 11.5. The van der Waals surface area contributed by atoms with Gasteiger partial charge in [-0.1, -0.05) is 13.3 Å². The summed E-state index contributed by atoms with van der Waals surface area (Å²) in [6.45, 7) is 5.92. The number of hydrogen-bond donors (Lipinski definition) is 1. The molecule has 0 aromatic carbocycles. The van der Waals surface area contributed by atoms with Crippen molar-refractivity contribution in [2.24, 2.45) is 11.7 Å². The molecule has 0 saturated carbocycles. The predicted molar refractivity (Wildman–Crippen MR) is 68.7 cm³/mol. The summed E-state index contributed by atoms with van der Waals surface area (Å²) in [5, 5.41) is 0. The second-order valence-electron chi connectivity index (χ2n) is 4.87. The second kappa shape index (κ2) is 8.48. The summed E-state index contributed by atoms with van der Waals surface area (Å²) in [5.74, 6) is 0.683. The van der Waals surface area contributed by atoms with E-state index in [-0.39, 0.29) is 5.97 Å². The van der Waals surface area contributed by atoms with E-state index >= 15 is 0 Å². The van der Waals surface area contributed by atoms with Gasteiger partial charge in [0.2, 0.25) is 0 Å². The molecule has 17 heavy (non-hydrogen) atoms. The van der Waals surface area contributed by atoms with Gasteiger partial charge in [-0.3, -0.25) is 9.69 Å². The van der Waals surface area contributed by atoms with E-state index in [1.54, 1.807) is 0 Å². The fraction of sp³-hybridized carbons (Fsp3) is 0.923. The van der Waals surface area contributed by atoms with Crippen LogP contribution in [-0.4, -0.2) is 43.7 Å². The molecule has 0 aliphatic carbocycles. The Labute approximate surface area is 104 Å². The molecular weight excluding hydrogens is 216 g/mol. The lowest BCUT2D eigenvalue weighted by atomic mass is 9.94. The average molecular weight is 242 g/mol. The van der Waals surface area contributed by atoms with Gasteiger partial charge in [0.05, 0.1) is 13.2 Å². The topological polar surface area (TPSA) is 55.6 Å². The zero-order valence-corrected chi connectivity index (χ0v) is 11.0. The zero-order valence-electron chi connectivity index (χ0n) is 11.0. The van der Waals surface area contributed by atoms with Crippen LogP contribution < -0.4 is 5.73 Å². The minimum atomic E-state index is -0.0734. The Morgan fingerprint density at radius 2 is 2.12 bits per heavy atom. The minimum Gasteiger partial charge on any atom is -0.465 e. The molecule has 0 bridgehead atoms. The van der Waals surface area contributed by atoms with Gasteiger partial charge in [0.25, 0.3) is 0 Å². The van der Waals surface area contributed by atoms with E-state index in [0.29, 0.717) is 13.2 Å². The number of piperidine rings is 1. The van der Waals surface area contributed by atoms with Crippen molar-refractivity contribution in [2.75, 3.05) is 32.8 Å². The van der Waals surface area contributed by atoms with Crippen molar-refractivity contribution in [3.63, 3.8) is 0 Å². The minimum absolute atomic E-state index is 0.0734. The van der Waals surface area contributed by atoms with Crippen LogP contribution in [0.5, 0.6) is 0 Å². The fourth-order valence-electron chi connectivity index (χ4n) is 2.23. The third-order valence-electron chi connectivity index (χ3n) is 3.40. The normalized spacial score (nSPS) is 18.2. The molecule has 100 valence electrons. The van der Waals surface area contributed by atoms with Crippen LogP contribution in [0.3, 0.4) is 0 Å². The summed E-state index contributed by atoms with van der Waals surface area (Å²) in [7, 11) is 0. The molecule has 0 atom stereocenters. The monoisotopic (exact) mass is 242 g/mol. The fourth-order valence-corrected chi connectivity index (χ4v) is 2.23. The maximum Gasteiger partial charge on any atom is 0.320 e. The lowest BCUT2D eigenvalue weighted by Gasteiger charge is -2.30. The predicted octanol–water partition coefficient (Wildman–Crippen LogP) is 1.39. The van der Waals surface area contributed by atoms with Gasteiger partial charge in [-0.25, -0.2) is 0 Å². The highest BCUT2D eigenvalue weighted by Crippen LogP contribution is 2.19. The largest absolute Gasteiger partial charge is 0.465 e. The standard InChI is InChI=1S/C13H26N2O2/c1-2-3-10-17-13(16)11-15-8-5-12(4-7-14)6-9-15/h12H,2-11,14H2,1H3. The third-order valence-corrected chi connectivity index (χ3v) is 3.40. The van der Waals surface area contributed by atoms with E-state index in [4.69, 9.17) is 10.5 Å². The van der Waals surface area contributed by atoms with Gasteiger partial charge < -0.3 is 10.5 Å². The lowest BCUT2D eigenvalue weighted by Crippen LogP contribution is -2.38. The molecule has 2 N–H and O–H groups in total. The molecule has 0 unspecified atom stereocenters. The van der Waals surface area contributed by atoms with Crippen molar-refractivity contribution in [3.05, 3.63) is 0 Å². The Kier molecular flexibility index (Phi) is 7.21. The quantitative estimate of drug-likeness (QED) is 0.541. The first kappa shape index (κ1) is 14.5. The van der Waals surface area contributed by atoms with Crippen LogP contribution in [0.25, 0.3) is 0 Å². The Bertz CT molecular complexity index is 213. The smallest absolute Gasteiger partial charge is 0.320 e. The average Bonchev–Trinajstić information content (AvgIpc) is 2.32. The molecular formula is C13H26N2O2. The van der Waals surface area contributed by atoms with Crippen LogP contribution in [-0.2, 0) is 9.53 Å².